The van der Waals surface area contributed by atoms with Crippen LogP contribution >= 0.6 is 43.2 Å². The van der Waals surface area contributed by atoms with E-state index in [9.17, 15) is 4.79 Å². The molecule has 0 saturated heterocycles. The molecule has 33 heavy (non-hydrogen) atoms. The molecule has 0 aliphatic carbocycles. The van der Waals surface area contributed by atoms with Crippen LogP contribution in [0.2, 0.25) is 0 Å². The summed E-state index contributed by atoms with van der Waals surface area (Å²) >= 11 is 8.61. The number of nitrogens with zero attached hydrogens (tertiary/aromatic N) is 3. The highest BCUT2D eigenvalue weighted by molar-refractivity contribution is 9.10. The maximum atomic E-state index is 12.8. The van der Waals surface area contributed by atoms with Gasteiger partial charge in [-0.15, -0.1) is 0 Å². The Kier molecular flexibility index (Phi) is 6.10. The second-order valence-corrected chi connectivity index (χ2v) is 10.2. The number of imidazole rings is 1. The van der Waals surface area contributed by atoms with Crippen LogP contribution in [0.3, 0.4) is 0 Å². The fourth-order valence-corrected chi connectivity index (χ4v) is 5.26. The maximum Gasteiger partial charge on any atom is 0.213 e. The van der Waals surface area contributed by atoms with Crippen LogP contribution in [0.4, 0.5) is 0 Å². The molecule has 7 heteroatoms. The van der Waals surface area contributed by atoms with Crippen LogP contribution in [0, 0.1) is 6.92 Å². The number of carbonyl (C=O) groups excluding carboxylic acids is 1. The zero-order valence-corrected chi connectivity index (χ0v) is 21.5. The maximum absolute atomic E-state index is 12.8. The van der Waals surface area contributed by atoms with Gasteiger partial charge < -0.3 is 0 Å². The first-order valence-electron chi connectivity index (χ1n) is 10.2. The first-order valence-corrected chi connectivity index (χ1v) is 12.6. The number of aromatic nitrogens is 3. The highest BCUT2D eigenvalue weighted by Gasteiger charge is 2.18. The molecule has 0 bridgehead atoms. The third kappa shape index (κ3) is 4.49. The largest absolute Gasteiger partial charge is 0.289 e. The van der Waals surface area contributed by atoms with E-state index in [0.29, 0.717) is 5.56 Å². The first kappa shape index (κ1) is 21.9. The molecule has 5 rings (SSSR count). The second-order valence-electron chi connectivity index (χ2n) is 7.50. The summed E-state index contributed by atoms with van der Waals surface area (Å²) in [6.07, 6.45) is 3.40. The lowest BCUT2D eigenvalue weighted by atomic mass is 10.1. The molecule has 0 atom stereocenters. The molecule has 0 amide bonds. The van der Waals surface area contributed by atoms with Crippen LogP contribution in [-0.2, 0) is 0 Å². The summed E-state index contributed by atoms with van der Waals surface area (Å²) < 4.78 is 3.78. The molecule has 5 aromatic rings. The molecule has 3 aromatic carbocycles. The molecular weight excluding hydrogens is 562 g/mol. The Labute approximate surface area is 211 Å². The summed E-state index contributed by atoms with van der Waals surface area (Å²) in [5, 5.41) is 5.69. The van der Waals surface area contributed by atoms with E-state index in [-0.39, 0.29) is 5.78 Å². The Morgan fingerprint density at radius 2 is 1.70 bits per heavy atom. The zero-order valence-electron chi connectivity index (χ0n) is 17.5. The summed E-state index contributed by atoms with van der Waals surface area (Å²) in [5.74, 6) is -0.0621. The highest BCUT2D eigenvalue weighted by atomic mass is 79.9. The van der Waals surface area contributed by atoms with Gasteiger partial charge in [0.15, 0.2) is 5.78 Å². The summed E-state index contributed by atoms with van der Waals surface area (Å²) in [4.78, 5) is 18.4. The third-order valence-corrected chi connectivity index (χ3v) is 7.35. The third-order valence-electron chi connectivity index (χ3n) is 5.19. The van der Waals surface area contributed by atoms with Gasteiger partial charge in [0.1, 0.15) is 5.01 Å². The van der Waals surface area contributed by atoms with Crippen molar-refractivity contribution in [2.45, 2.75) is 6.92 Å². The molecule has 2 aromatic heterocycles. The number of fused-ring (bicyclic) bond motifs is 1. The van der Waals surface area contributed by atoms with E-state index in [1.165, 1.54) is 11.3 Å². The van der Waals surface area contributed by atoms with Crippen LogP contribution in [0.15, 0.2) is 87.8 Å². The van der Waals surface area contributed by atoms with Gasteiger partial charge in [0.05, 0.1) is 11.4 Å². The number of ketones is 1. The Hall–Kier alpha value is -2.87. The van der Waals surface area contributed by atoms with E-state index in [0.717, 1.165) is 47.0 Å². The zero-order chi connectivity index (χ0) is 22.9. The average Bonchev–Trinajstić information content (AvgIpc) is 3.37. The number of allylic oxidation sites excluding steroid dienone is 1. The van der Waals surface area contributed by atoms with Crippen LogP contribution in [0.25, 0.3) is 32.9 Å². The van der Waals surface area contributed by atoms with Gasteiger partial charge in [0, 0.05) is 25.6 Å². The normalized spacial score (nSPS) is 11.5. The van der Waals surface area contributed by atoms with Gasteiger partial charge in [0.25, 0.3) is 0 Å². The van der Waals surface area contributed by atoms with Crippen molar-refractivity contribution >= 4 is 60.0 Å². The number of aryl methyl sites for hydroxylation is 1. The van der Waals surface area contributed by atoms with Crippen molar-refractivity contribution in [3.8, 4) is 21.8 Å². The van der Waals surface area contributed by atoms with E-state index < -0.39 is 0 Å². The predicted molar refractivity (Wildman–Crippen MR) is 142 cm³/mol. The van der Waals surface area contributed by atoms with Crippen LogP contribution in [-0.4, -0.2) is 20.4 Å². The van der Waals surface area contributed by atoms with Gasteiger partial charge in [0.2, 0.25) is 4.96 Å². The number of rotatable bonds is 5. The minimum absolute atomic E-state index is 0.0621. The molecule has 0 aliphatic rings. The lowest BCUT2D eigenvalue weighted by Crippen LogP contribution is -1.95. The summed E-state index contributed by atoms with van der Waals surface area (Å²) in [7, 11) is 0. The Balaban J connectivity index is 1.62. The fourth-order valence-electron chi connectivity index (χ4n) is 3.45. The SMILES string of the molecule is Cc1ccc(C(=O)/C=C/c2c(-c3ccc(Br)cc3)nc3sc(-c4ccccc4Br)nn23)cc1. The van der Waals surface area contributed by atoms with E-state index in [1.807, 2.05) is 90.3 Å². The van der Waals surface area contributed by atoms with Crippen LogP contribution in [0.5, 0.6) is 0 Å². The quantitative estimate of drug-likeness (QED) is 0.157. The Morgan fingerprint density at radius 3 is 2.42 bits per heavy atom. The minimum atomic E-state index is -0.0621. The topological polar surface area (TPSA) is 47.3 Å². The van der Waals surface area contributed by atoms with Crippen molar-refractivity contribution in [3.63, 3.8) is 0 Å². The van der Waals surface area contributed by atoms with Gasteiger partial charge >= 0.3 is 0 Å². The van der Waals surface area contributed by atoms with Gasteiger partial charge in [-0.05, 0) is 37.3 Å². The monoisotopic (exact) mass is 577 g/mol. The molecule has 2 heterocycles. The van der Waals surface area contributed by atoms with E-state index in [4.69, 9.17) is 10.1 Å². The number of carbonyl (C=O) groups is 1. The first-order chi connectivity index (χ1) is 16.0. The van der Waals surface area contributed by atoms with Crippen molar-refractivity contribution < 1.29 is 4.79 Å². The average molecular weight is 579 g/mol. The molecule has 0 N–H and O–H groups in total. The summed E-state index contributed by atoms with van der Waals surface area (Å²) in [5.41, 5.74) is 5.28. The molecule has 162 valence electrons. The molecule has 0 saturated carbocycles. The second kappa shape index (κ2) is 9.17. The number of benzene rings is 3. The minimum Gasteiger partial charge on any atom is -0.289 e. The Bertz CT molecular complexity index is 1500. The number of hydrogen-bond acceptors (Lipinski definition) is 4. The molecule has 0 fully saturated rings. The van der Waals surface area contributed by atoms with Crippen molar-refractivity contribution in [3.05, 3.63) is 105 Å². The van der Waals surface area contributed by atoms with Crippen molar-refractivity contribution in [2.75, 3.05) is 0 Å². The summed E-state index contributed by atoms with van der Waals surface area (Å²) in [6, 6.07) is 23.5. The molecule has 0 spiro atoms. The smallest absolute Gasteiger partial charge is 0.213 e. The lowest BCUT2D eigenvalue weighted by molar-refractivity contribution is 0.104. The van der Waals surface area contributed by atoms with E-state index in [1.54, 1.807) is 6.08 Å². The van der Waals surface area contributed by atoms with Crippen molar-refractivity contribution in [2.24, 2.45) is 0 Å². The van der Waals surface area contributed by atoms with E-state index in [2.05, 4.69) is 31.9 Å². The van der Waals surface area contributed by atoms with Gasteiger partial charge in [-0.3, -0.25) is 4.79 Å². The number of hydrogen-bond donors (Lipinski definition) is 0. The van der Waals surface area contributed by atoms with Crippen LogP contribution < -0.4 is 0 Å². The fraction of sp³-hybridized carbons (Fsp3) is 0.0385. The van der Waals surface area contributed by atoms with Crippen molar-refractivity contribution in [1.82, 2.24) is 14.6 Å². The van der Waals surface area contributed by atoms with E-state index >= 15 is 0 Å². The van der Waals surface area contributed by atoms with Crippen LogP contribution in [0.1, 0.15) is 21.6 Å². The molecule has 0 radical (unpaired) electrons. The lowest BCUT2D eigenvalue weighted by Gasteiger charge is -2.02. The molecular formula is C26H17Br2N3OS. The highest BCUT2D eigenvalue weighted by Crippen LogP contribution is 2.35. The predicted octanol–water partition coefficient (Wildman–Crippen LogP) is 7.85. The van der Waals surface area contributed by atoms with Gasteiger partial charge in [-0.2, -0.15) is 5.10 Å². The standard InChI is InChI=1S/C26H17Br2N3OS/c1-16-6-8-17(9-7-16)23(32)15-14-22-24(18-10-12-19(27)13-11-18)29-26-31(22)30-25(33-26)20-4-2-3-5-21(20)28/h2-15H,1H3/b15-14+. The van der Waals surface area contributed by atoms with Gasteiger partial charge in [-0.1, -0.05) is 103 Å². The Morgan fingerprint density at radius 1 is 0.970 bits per heavy atom. The van der Waals surface area contributed by atoms with Crippen molar-refractivity contribution in [1.29, 1.82) is 0 Å². The molecule has 0 unspecified atom stereocenters. The summed E-state index contributed by atoms with van der Waals surface area (Å²) in [6.45, 7) is 2.00. The molecule has 0 aliphatic heterocycles. The van der Waals surface area contributed by atoms with Gasteiger partial charge in [-0.25, -0.2) is 9.50 Å². The number of halogens is 2. The molecule has 4 nitrogen and oxygen atoms in total.